The molecule has 0 spiro atoms. The first-order chi connectivity index (χ1) is 13.6. The van der Waals surface area contributed by atoms with E-state index < -0.39 is 23.6 Å². The van der Waals surface area contributed by atoms with Crippen molar-refractivity contribution in [2.24, 2.45) is 0 Å². The van der Waals surface area contributed by atoms with E-state index in [1.165, 1.54) is 19.1 Å². The molecular weight excluding hydrogens is 389 g/mol. The van der Waals surface area contributed by atoms with Gasteiger partial charge in [-0.1, -0.05) is 12.1 Å². The lowest BCUT2D eigenvalue weighted by Crippen LogP contribution is -2.48. The van der Waals surface area contributed by atoms with Gasteiger partial charge in [0, 0.05) is 5.56 Å². The first-order valence-electron chi connectivity index (χ1n) is 8.44. The highest BCUT2D eigenvalue weighted by Gasteiger charge is 2.31. The molecule has 154 valence electrons. The van der Waals surface area contributed by atoms with Crippen LogP contribution in [0, 0.1) is 11.3 Å². The summed E-state index contributed by atoms with van der Waals surface area (Å²) < 4.78 is 50.9. The van der Waals surface area contributed by atoms with Crippen molar-refractivity contribution in [1.82, 2.24) is 5.32 Å². The summed E-state index contributed by atoms with van der Waals surface area (Å²) in [5.74, 6) is -0.366. The van der Waals surface area contributed by atoms with E-state index in [-0.39, 0.29) is 18.8 Å². The summed E-state index contributed by atoms with van der Waals surface area (Å²) in [6.07, 6.45) is -4.82. The maximum absolute atomic E-state index is 12.3. The zero-order valence-corrected chi connectivity index (χ0v) is 15.7. The lowest BCUT2D eigenvalue weighted by atomic mass is 10.1. The van der Waals surface area contributed by atoms with Gasteiger partial charge in [0.1, 0.15) is 17.0 Å². The van der Waals surface area contributed by atoms with Crippen LogP contribution < -0.4 is 14.8 Å². The molecule has 0 aliphatic heterocycles. The molecule has 1 atom stereocenters. The number of nitrogens with one attached hydrogen (secondary N) is 1. The van der Waals surface area contributed by atoms with Crippen LogP contribution in [0.4, 0.5) is 13.2 Å². The minimum atomic E-state index is -4.82. The second-order valence-corrected chi connectivity index (χ2v) is 6.31. The Morgan fingerprint density at radius 1 is 1.07 bits per heavy atom. The molecule has 2 rings (SSSR count). The van der Waals surface area contributed by atoms with Crippen molar-refractivity contribution in [3.8, 4) is 17.6 Å². The molecule has 0 aromatic heterocycles. The minimum absolute atomic E-state index is 0.0798. The van der Waals surface area contributed by atoms with Crippen molar-refractivity contribution in [3.05, 3.63) is 59.7 Å². The number of amides is 1. The Kier molecular flexibility index (Phi) is 7.07. The van der Waals surface area contributed by atoms with Crippen LogP contribution in [-0.2, 0) is 11.3 Å². The topological polar surface area (TPSA) is 80.6 Å². The number of methoxy groups -OCH3 is 1. The number of hydrogen-bond acceptors (Lipinski definition) is 5. The molecule has 2 aromatic carbocycles. The van der Waals surface area contributed by atoms with Crippen molar-refractivity contribution in [2.45, 2.75) is 25.4 Å². The van der Waals surface area contributed by atoms with Gasteiger partial charge in [-0.05, 0) is 48.9 Å². The number of benzene rings is 2. The molecule has 29 heavy (non-hydrogen) atoms. The Hall–Kier alpha value is -3.25. The van der Waals surface area contributed by atoms with Gasteiger partial charge in [0.2, 0.25) is 0 Å². The third-order valence-electron chi connectivity index (χ3n) is 3.80. The van der Waals surface area contributed by atoms with E-state index in [0.29, 0.717) is 5.75 Å². The van der Waals surface area contributed by atoms with Crippen molar-refractivity contribution in [3.63, 3.8) is 0 Å². The highest BCUT2D eigenvalue weighted by atomic mass is 19.4. The maximum Gasteiger partial charge on any atom is 0.573 e. The molecule has 1 unspecified atom stereocenters. The number of halogens is 3. The lowest BCUT2D eigenvalue weighted by Gasteiger charge is -2.23. The molecule has 1 amide bonds. The van der Waals surface area contributed by atoms with Gasteiger partial charge in [-0.2, -0.15) is 5.26 Å². The van der Waals surface area contributed by atoms with Crippen LogP contribution in [-0.4, -0.2) is 31.5 Å². The molecule has 0 aliphatic carbocycles. The molecule has 0 fully saturated rings. The van der Waals surface area contributed by atoms with E-state index >= 15 is 0 Å². The highest BCUT2D eigenvalue weighted by molar-refractivity contribution is 5.95. The van der Waals surface area contributed by atoms with Crippen molar-refractivity contribution in [1.29, 1.82) is 5.26 Å². The lowest BCUT2D eigenvalue weighted by molar-refractivity contribution is -0.274. The number of rotatable bonds is 8. The summed E-state index contributed by atoms with van der Waals surface area (Å²) in [6.45, 7) is 1.62. The fourth-order valence-electron chi connectivity index (χ4n) is 2.32. The standard InChI is InChI=1S/C20H19F3N2O4/c1-19(12-24,13-28-11-14-3-7-16(27-2)8-4-14)25-18(26)15-5-9-17(10-6-15)29-20(21,22)23/h3-10H,11,13H2,1-2H3,(H,25,26). The molecular formula is C20H19F3N2O4. The van der Waals surface area contributed by atoms with Crippen LogP contribution >= 0.6 is 0 Å². The van der Waals surface area contributed by atoms with Gasteiger partial charge in [0.05, 0.1) is 26.4 Å². The largest absolute Gasteiger partial charge is 0.573 e. The predicted octanol–water partition coefficient (Wildman–Crippen LogP) is 3.82. The zero-order valence-electron chi connectivity index (χ0n) is 15.7. The molecule has 0 bridgehead atoms. The number of nitriles is 1. The second-order valence-electron chi connectivity index (χ2n) is 6.31. The van der Waals surface area contributed by atoms with Gasteiger partial charge in [-0.3, -0.25) is 4.79 Å². The Balaban J connectivity index is 1.92. The summed E-state index contributed by atoms with van der Waals surface area (Å²) >= 11 is 0. The smallest absolute Gasteiger partial charge is 0.497 e. The first-order valence-corrected chi connectivity index (χ1v) is 8.44. The number of carbonyl (C=O) groups excluding carboxylic acids is 1. The molecule has 0 saturated heterocycles. The van der Waals surface area contributed by atoms with E-state index in [4.69, 9.17) is 9.47 Å². The Labute approximate surface area is 165 Å². The van der Waals surface area contributed by atoms with Gasteiger partial charge >= 0.3 is 6.36 Å². The van der Waals surface area contributed by atoms with Crippen LogP contribution in [0.3, 0.4) is 0 Å². The quantitative estimate of drug-likeness (QED) is 0.718. The van der Waals surface area contributed by atoms with Gasteiger partial charge < -0.3 is 19.5 Å². The van der Waals surface area contributed by atoms with Crippen LogP contribution in [0.5, 0.6) is 11.5 Å². The van der Waals surface area contributed by atoms with E-state index in [9.17, 15) is 23.2 Å². The van der Waals surface area contributed by atoms with Crippen molar-refractivity contribution < 1.29 is 32.2 Å². The zero-order chi connectivity index (χ0) is 21.5. The molecule has 0 heterocycles. The Morgan fingerprint density at radius 2 is 1.66 bits per heavy atom. The fourth-order valence-corrected chi connectivity index (χ4v) is 2.32. The average molecular weight is 408 g/mol. The molecule has 0 aliphatic rings. The van der Waals surface area contributed by atoms with Crippen LogP contribution in [0.25, 0.3) is 0 Å². The monoisotopic (exact) mass is 408 g/mol. The molecule has 6 nitrogen and oxygen atoms in total. The maximum atomic E-state index is 12.3. The van der Waals surface area contributed by atoms with E-state index in [1.54, 1.807) is 19.2 Å². The third kappa shape index (κ3) is 7.01. The van der Waals surface area contributed by atoms with Crippen LogP contribution in [0.1, 0.15) is 22.8 Å². The number of alkyl halides is 3. The highest BCUT2D eigenvalue weighted by Crippen LogP contribution is 2.23. The minimum Gasteiger partial charge on any atom is -0.497 e. The molecule has 9 heteroatoms. The molecule has 0 radical (unpaired) electrons. The summed E-state index contributed by atoms with van der Waals surface area (Å²) in [4.78, 5) is 12.3. The first kappa shape index (κ1) is 22.0. The van der Waals surface area contributed by atoms with Gasteiger partial charge in [0.25, 0.3) is 5.91 Å². The van der Waals surface area contributed by atoms with Crippen LogP contribution in [0.2, 0.25) is 0 Å². The number of nitrogens with zero attached hydrogens (tertiary/aromatic N) is 1. The molecule has 1 N–H and O–H groups in total. The van der Waals surface area contributed by atoms with Gasteiger partial charge in [-0.25, -0.2) is 0 Å². The summed E-state index contributed by atoms with van der Waals surface area (Å²) in [5, 5.41) is 11.9. The van der Waals surface area contributed by atoms with E-state index in [2.05, 4.69) is 10.1 Å². The fraction of sp³-hybridized carbons (Fsp3) is 0.300. The van der Waals surface area contributed by atoms with Crippen molar-refractivity contribution >= 4 is 5.91 Å². The van der Waals surface area contributed by atoms with Crippen LogP contribution in [0.15, 0.2) is 48.5 Å². The summed E-state index contributed by atoms with van der Waals surface area (Å²) in [5.41, 5.74) is -0.390. The number of carbonyl (C=O) groups is 1. The van der Waals surface area contributed by atoms with E-state index in [1.807, 2.05) is 18.2 Å². The SMILES string of the molecule is COc1ccc(COCC(C)(C#N)NC(=O)c2ccc(OC(F)(F)F)cc2)cc1. The predicted molar refractivity (Wildman–Crippen MR) is 97.3 cm³/mol. The molecule has 2 aromatic rings. The Morgan fingerprint density at radius 3 is 2.17 bits per heavy atom. The van der Waals surface area contributed by atoms with E-state index in [0.717, 1.165) is 17.7 Å². The normalized spacial score (nSPS) is 13.1. The summed E-state index contributed by atoms with van der Waals surface area (Å²) in [6, 6.07) is 13.5. The number of hydrogen-bond donors (Lipinski definition) is 1. The second kappa shape index (κ2) is 9.30. The average Bonchev–Trinajstić information content (AvgIpc) is 2.68. The molecule has 0 saturated carbocycles. The van der Waals surface area contributed by atoms with Crippen molar-refractivity contribution in [2.75, 3.05) is 13.7 Å². The third-order valence-corrected chi connectivity index (χ3v) is 3.80. The Bertz CT molecular complexity index is 861. The summed E-state index contributed by atoms with van der Waals surface area (Å²) in [7, 11) is 1.56. The van der Waals surface area contributed by atoms with Gasteiger partial charge in [-0.15, -0.1) is 13.2 Å². The number of ether oxygens (including phenoxy) is 3. The van der Waals surface area contributed by atoms with Gasteiger partial charge in [0.15, 0.2) is 0 Å².